The second-order valence-corrected chi connectivity index (χ2v) is 6.68. The fraction of sp³-hybridized carbons (Fsp3) is 0.312. The SMILES string of the molecule is CC1=C(C(=O)O)N[C@H]([C@H](N)C(=O)N[C@H](C(=O)O)c2ccccc2)SC1. The molecule has 1 aromatic rings. The van der Waals surface area contributed by atoms with E-state index in [1.807, 2.05) is 0 Å². The molecule has 0 fully saturated rings. The van der Waals surface area contributed by atoms with E-state index in [0.717, 1.165) is 0 Å². The Kier molecular flexibility index (Phi) is 6.05. The molecule has 2 rings (SSSR count). The predicted molar refractivity (Wildman–Crippen MR) is 92.7 cm³/mol. The van der Waals surface area contributed by atoms with Crippen molar-refractivity contribution in [1.29, 1.82) is 0 Å². The number of aliphatic carboxylic acids is 2. The number of hydrogen-bond acceptors (Lipinski definition) is 6. The van der Waals surface area contributed by atoms with E-state index in [1.54, 1.807) is 37.3 Å². The molecule has 1 heterocycles. The van der Waals surface area contributed by atoms with Crippen LogP contribution >= 0.6 is 11.8 Å². The Bertz CT molecular complexity index is 707. The Balaban J connectivity index is 2.09. The largest absolute Gasteiger partial charge is 0.479 e. The standard InChI is InChI=1S/C16H19N3O5S/c1-8-7-25-14(19-11(8)15(21)22)10(17)13(20)18-12(16(23)24)9-5-3-2-4-6-9/h2-6,10,12,14,19H,7,17H2,1H3,(H,18,20)(H,21,22)(H,23,24)/t10-,12+,14+/m1/s1. The van der Waals surface area contributed by atoms with E-state index < -0.39 is 35.3 Å². The lowest BCUT2D eigenvalue weighted by Crippen LogP contribution is -2.55. The number of hydrogen-bond donors (Lipinski definition) is 5. The molecule has 0 saturated heterocycles. The Hall–Kier alpha value is -2.52. The first-order valence-corrected chi connectivity index (χ1v) is 8.51. The fourth-order valence-corrected chi connectivity index (χ4v) is 3.45. The molecule has 0 saturated carbocycles. The summed E-state index contributed by atoms with van der Waals surface area (Å²) in [6.07, 6.45) is 0. The number of carboxylic acids is 2. The number of rotatable bonds is 6. The summed E-state index contributed by atoms with van der Waals surface area (Å²) in [5.74, 6) is -2.59. The Morgan fingerprint density at radius 1 is 1.28 bits per heavy atom. The molecule has 0 spiro atoms. The van der Waals surface area contributed by atoms with Crippen molar-refractivity contribution in [2.24, 2.45) is 5.73 Å². The second-order valence-electron chi connectivity index (χ2n) is 5.55. The fourth-order valence-electron chi connectivity index (χ4n) is 2.34. The van der Waals surface area contributed by atoms with Crippen LogP contribution in [-0.2, 0) is 14.4 Å². The quantitative estimate of drug-likeness (QED) is 0.484. The zero-order valence-corrected chi connectivity index (χ0v) is 14.2. The second kappa shape index (κ2) is 8.04. The van der Waals surface area contributed by atoms with Crippen molar-refractivity contribution < 1.29 is 24.6 Å². The Morgan fingerprint density at radius 2 is 1.92 bits per heavy atom. The maximum Gasteiger partial charge on any atom is 0.351 e. The minimum Gasteiger partial charge on any atom is -0.479 e. The van der Waals surface area contributed by atoms with E-state index in [0.29, 0.717) is 16.9 Å². The van der Waals surface area contributed by atoms with Crippen molar-refractivity contribution in [2.75, 3.05) is 5.75 Å². The molecule has 1 aromatic carbocycles. The van der Waals surface area contributed by atoms with Crippen LogP contribution in [0.15, 0.2) is 41.6 Å². The molecule has 0 radical (unpaired) electrons. The van der Waals surface area contributed by atoms with Gasteiger partial charge in [-0.1, -0.05) is 30.3 Å². The van der Waals surface area contributed by atoms with Crippen LogP contribution in [0, 0.1) is 0 Å². The molecule has 1 aliphatic heterocycles. The summed E-state index contributed by atoms with van der Waals surface area (Å²) in [4.78, 5) is 35.0. The summed E-state index contributed by atoms with van der Waals surface area (Å²) in [6, 6.07) is 5.91. The van der Waals surface area contributed by atoms with E-state index in [4.69, 9.17) is 10.8 Å². The summed E-state index contributed by atoms with van der Waals surface area (Å²) in [6.45, 7) is 1.68. The van der Waals surface area contributed by atoms with E-state index in [1.165, 1.54) is 11.8 Å². The molecule has 0 aromatic heterocycles. The van der Waals surface area contributed by atoms with Crippen LogP contribution in [0.4, 0.5) is 0 Å². The molecule has 3 atom stereocenters. The lowest BCUT2D eigenvalue weighted by atomic mass is 10.1. The van der Waals surface area contributed by atoms with Crippen LogP contribution in [-0.4, -0.2) is 45.2 Å². The first-order chi connectivity index (χ1) is 11.8. The molecule has 134 valence electrons. The highest BCUT2D eigenvalue weighted by molar-refractivity contribution is 8.00. The normalized spacial score (nSPS) is 19.5. The van der Waals surface area contributed by atoms with Crippen LogP contribution in [0.5, 0.6) is 0 Å². The number of thioether (sulfide) groups is 1. The van der Waals surface area contributed by atoms with Crippen molar-refractivity contribution in [3.63, 3.8) is 0 Å². The number of benzene rings is 1. The molecule has 6 N–H and O–H groups in total. The topological polar surface area (TPSA) is 142 Å². The Labute approximate surface area is 148 Å². The average Bonchev–Trinajstić information content (AvgIpc) is 2.59. The van der Waals surface area contributed by atoms with E-state index in [-0.39, 0.29) is 5.70 Å². The maximum absolute atomic E-state index is 12.4. The number of nitrogens with one attached hydrogen (secondary N) is 2. The Morgan fingerprint density at radius 3 is 2.48 bits per heavy atom. The smallest absolute Gasteiger partial charge is 0.351 e. The highest BCUT2D eigenvalue weighted by atomic mass is 32.2. The van der Waals surface area contributed by atoms with Gasteiger partial charge in [-0.25, -0.2) is 9.59 Å². The minimum absolute atomic E-state index is 0.0184. The van der Waals surface area contributed by atoms with Crippen molar-refractivity contribution in [1.82, 2.24) is 10.6 Å². The van der Waals surface area contributed by atoms with Gasteiger partial charge in [0.1, 0.15) is 11.7 Å². The molecular weight excluding hydrogens is 346 g/mol. The zero-order chi connectivity index (χ0) is 18.6. The number of carboxylic acid groups (broad SMARTS) is 2. The minimum atomic E-state index is -1.23. The van der Waals surface area contributed by atoms with Gasteiger partial charge in [0.2, 0.25) is 5.91 Å². The first kappa shape index (κ1) is 18.8. The summed E-state index contributed by atoms with van der Waals surface area (Å²) >= 11 is 1.29. The molecule has 8 nitrogen and oxygen atoms in total. The third-order valence-corrected chi connectivity index (χ3v) is 5.07. The molecule has 9 heteroatoms. The van der Waals surface area contributed by atoms with Crippen molar-refractivity contribution in [3.05, 3.63) is 47.2 Å². The number of amides is 1. The van der Waals surface area contributed by atoms with Crippen molar-refractivity contribution in [3.8, 4) is 0 Å². The van der Waals surface area contributed by atoms with Gasteiger partial charge >= 0.3 is 11.9 Å². The molecule has 0 aliphatic carbocycles. The summed E-state index contributed by atoms with van der Waals surface area (Å²) in [5.41, 5.74) is 7.01. The third kappa shape index (κ3) is 4.52. The highest BCUT2D eigenvalue weighted by Crippen LogP contribution is 2.24. The molecule has 0 unspecified atom stereocenters. The number of nitrogens with two attached hydrogens (primary N) is 1. The van der Waals surface area contributed by atoms with Gasteiger partial charge in [-0.05, 0) is 18.1 Å². The molecular formula is C16H19N3O5S. The monoisotopic (exact) mass is 365 g/mol. The molecule has 1 amide bonds. The van der Waals surface area contributed by atoms with Crippen molar-refractivity contribution >= 4 is 29.6 Å². The van der Waals surface area contributed by atoms with Crippen LogP contribution in [0.3, 0.4) is 0 Å². The van der Waals surface area contributed by atoms with E-state index in [9.17, 15) is 19.5 Å². The summed E-state index contributed by atoms with van der Waals surface area (Å²) < 4.78 is 0. The van der Waals surface area contributed by atoms with Crippen LogP contribution in [0.2, 0.25) is 0 Å². The highest BCUT2D eigenvalue weighted by Gasteiger charge is 2.33. The summed E-state index contributed by atoms with van der Waals surface area (Å²) in [7, 11) is 0. The van der Waals surface area contributed by atoms with E-state index >= 15 is 0 Å². The molecule has 1 aliphatic rings. The lowest BCUT2D eigenvalue weighted by molar-refractivity contribution is -0.142. The van der Waals surface area contributed by atoms with Gasteiger partial charge in [0.05, 0.1) is 5.37 Å². The van der Waals surface area contributed by atoms with Crippen LogP contribution in [0.25, 0.3) is 0 Å². The van der Waals surface area contributed by atoms with Gasteiger partial charge in [-0.3, -0.25) is 4.79 Å². The van der Waals surface area contributed by atoms with E-state index in [2.05, 4.69) is 10.6 Å². The predicted octanol–water partition coefficient (Wildman–Crippen LogP) is 0.277. The van der Waals surface area contributed by atoms with Gasteiger partial charge in [0.25, 0.3) is 0 Å². The molecule has 0 bridgehead atoms. The number of carbonyl (C=O) groups excluding carboxylic acids is 1. The first-order valence-electron chi connectivity index (χ1n) is 7.46. The number of carbonyl (C=O) groups is 3. The van der Waals surface area contributed by atoms with Crippen LogP contribution in [0.1, 0.15) is 18.5 Å². The third-order valence-electron chi connectivity index (χ3n) is 3.70. The average molecular weight is 365 g/mol. The summed E-state index contributed by atoms with van der Waals surface area (Å²) in [5, 5.41) is 23.0. The van der Waals surface area contributed by atoms with Gasteiger partial charge < -0.3 is 26.6 Å². The maximum atomic E-state index is 12.4. The van der Waals surface area contributed by atoms with Gasteiger partial charge in [-0.15, -0.1) is 11.8 Å². The lowest BCUT2D eigenvalue weighted by Gasteiger charge is -2.30. The molecule has 25 heavy (non-hydrogen) atoms. The van der Waals surface area contributed by atoms with Crippen molar-refractivity contribution in [2.45, 2.75) is 24.4 Å². The zero-order valence-electron chi connectivity index (χ0n) is 13.4. The van der Waals surface area contributed by atoms with Gasteiger partial charge in [0, 0.05) is 5.75 Å². The van der Waals surface area contributed by atoms with Gasteiger partial charge in [-0.2, -0.15) is 0 Å². The van der Waals surface area contributed by atoms with Gasteiger partial charge in [0.15, 0.2) is 6.04 Å². The van der Waals surface area contributed by atoms with Crippen LogP contribution < -0.4 is 16.4 Å².